The summed E-state index contributed by atoms with van der Waals surface area (Å²) in [5, 5.41) is 14.7. The van der Waals surface area contributed by atoms with E-state index >= 15 is 0 Å². The second-order valence-corrected chi connectivity index (χ2v) is 5.02. The number of hydrogen-bond acceptors (Lipinski definition) is 3. The predicted molar refractivity (Wildman–Crippen MR) is 67.9 cm³/mol. The fraction of sp³-hybridized carbons (Fsp3) is 0.429. The van der Waals surface area contributed by atoms with Crippen molar-refractivity contribution in [3.8, 4) is 0 Å². The van der Waals surface area contributed by atoms with Gasteiger partial charge in [-0.25, -0.2) is 4.98 Å². The van der Waals surface area contributed by atoms with E-state index in [2.05, 4.69) is 22.2 Å². The second-order valence-electron chi connectivity index (χ2n) is 5.02. The van der Waals surface area contributed by atoms with E-state index < -0.39 is 6.10 Å². The van der Waals surface area contributed by atoms with Crippen LogP contribution in [0.25, 0.3) is 0 Å². The Hall–Kier alpha value is -1.68. The van der Waals surface area contributed by atoms with Gasteiger partial charge in [0.15, 0.2) is 5.82 Å². The maximum atomic E-state index is 10.7. The van der Waals surface area contributed by atoms with Crippen LogP contribution >= 0.6 is 0 Å². The molecule has 4 heteroatoms. The summed E-state index contributed by atoms with van der Waals surface area (Å²) in [6.45, 7) is 0. The number of nitrogens with zero attached hydrogens (tertiary/aromatic N) is 3. The van der Waals surface area contributed by atoms with E-state index in [1.54, 1.807) is 4.68 Å². The topological polar surface area (TPSA) is 50.9 Å². The largest absolute Gasteiger partial charge is 0.384 e. The molecule has 3 rings (SSSR count). The molecule has 1 unspecified atom stereocenters. The van der Waals surface area contributed by atoms with E-state index in [1.165, 1.54) is 11.9 Å². The van der Waals surface area contributed by atoms with Gasteiger partial charge in [-0.1, -0.05) is 36.8 Å². The molecule has 1 aliphatic rings. The van der Waals surface area contributed by atoms with Gasteiger partial charge in [-0.15, -0.1) is 0 Å². The Kier molecular flexibility index (Phi) is 2.67. The molecule has 1 heterocycles. The minimum absolute atomic E-state index is 0.179. The lowest BCUT2D eigenvalue weighted by atomic mass is 9.61. The van der Waals surface area contributed by atoms with E-state index in [0.717, 1.165) is 19.3 Å². The normalized spacial score (nSPS) is 19.2. The maximum Gasteiger partial charge on any atom is 0.156 e. The van der Waals surface area contributed by atoms with Crippen LogP contribution in [-0.2, 0) is 12.5 Å². The van der Waals surface area contributed by atoms with Gasteiger partial charge in [-0.05, 0) is 18.4 Å². The van der Waals surface area contributed by atoms with Crippen LogP contribution in [0.3, 0.4) is 0 Å². The molecule has 1 atom stereocenters. The minimum Gasteiger partial charge on any atom is -0.384 e. The third kappa shape index (κ3) is 1.56. The molecule has 1 fully saturated rings. The maximum absolute atomic E-state index is 10.7. The van der Waals surface area contributed by atoms with Gasteiger partial charge in [-0.2, -0.15) is 5.10 Å². The molecule has 1 aromatic heterocycles. The number of benzene rings is 1. The third-order valence-electron chi connectivity index (χ3n) is 4.11. The van der Waals surface area contributed by atoms with Crippen molar-refractivity contribution in [2.45, 2.75) is 30.8 Å². The number of aliphatic hydroxyl groups is 1. The number of rotatable bonds is 3. The Morgan fingerprint density at radius 3 is 2.50 bits per heavy atom. The van der Waals surface area contributed by atoms with Crippen molar-refractivity contribution in [2.24, 2.45) is 7.05 Å². The molecule has 1 saturated carbocycles. The summed E-state index contributed by atoms with van der Waals surface area (Å²) in [6.07, 6.45) is 4.08. The molecule has 0 bridgehead atoms. The Morgan fingerprint density at radius 2 is 2.00 bits per heavy atom. The second kappa shape index (κ2) is 4.21. The summed E-state index contributed by atoms with van der Waals surface area (Å²) < 4.78 is 1.66. The number of aromatic nitrogens is 3. The van der Waals surface area contributed by atoms with Crippen LogP contribution < -0.4 is 0 Å². The predicted octanol–water partition coefficient (Wildman–Crippen LogP) is 1.97. The van der Waals surface area contributed by atoms with Gasteiger partial charge in [0.25, 0.3) is 0 Å². The molecular formula is C14H17N3O. The van der Waals surface area contributed by atoms with Crippen molar-refractivity contribution < 1.29 is 5.11 Å². The molecule has 1 aromatic carbocycles. The zero-order chi connectivity index (χ0) is 12.6. The molecule has 94 valence electrons. The lowest BCUT2D eigenvalue weighted by Crippen LogP contribution is -2.41. The van der Waals surface area contributed by atoms with Crippen molar-refractivity contribution in [1.29, 1.82) is 0 Å². The molecule has 0 aliphatic heterocycles. The van der Waals surface area contributed by atoms with Gasteiger partial charge in [0.05, 0.1) is 0 Å². The zero-order valence-electron chi connectivity index (χ0n) is 10.5. The van der Waals surface area contributed by atoms with Gasteiger partial charge in [0.1, 0.15) is 12.4 Å². The summed E-state index contributed by atoms with van der Waals surface area (Å²) in [5.41, 5.74) is 1.02. The van der Waals surface area contributed by atoms with E-state index in [0.29, 0.717) is 5.82 Å². The van der Waals surface area contributed by atoms with E-state index in [4.69, 9.17) is 0 Å². The van der Waals surface area contributed by atoms with Crippen LogP contribution in [0.1, 0.15) is 36.8 Å². The number of aryl methyl sites for hydroxylation is 1. The van der Waals surface area contributed by atoms with E-state index in [9.17, 15) is 5.11 Å². The van der Waals surface area contributed by atoms with Crippen molar-refractivity contribution >= 4 is 0 Å². The first-order valence-corrected chi connectivity index (χ1v) is 6.31. The Labute approximate surface area is 106 Å². The first kappa shape index (κ1) is 11.4. The number of aliphatic hydroxyl groups excluding tert-OH is 1. The fourth-order valence-corrected chi connectivity index (χ4v) is 2.85. The fourth-order valence-electron chi connectivity index (χ4n) is 2.85. The standard InChI is InChI=1S/C14H17N3O/c1-17-13(15-10-16-17)12(18)14(8-5-9-14)11-6-3-2-4-7-11/h2-4,6-7,10,12,18H,5,8-9H2,1H3. The van der Waals surface area contributed by atoms with E-state index in [-0.39, 0.29) is 5.41 Å². The van der Waals surface area contributed by atoms with Crippen molar-refractivity contribution in [3.63, 3.8) is 0 Å². The summed E-state index contributed by atoms with van der Waals surface area (Å²) >= 11 is 0. The molecule has 1 aliphatic carbocycles. The monoisotopic (exact) mass is 243 g/mol. The average molecular weight is 243 g/mol. The highest BCUT2D eigenvalue weighted by molar-refractivity contribution is 5.31. The van der Waals surface area contributed by atoms with Crippen LogP contribution in [0.2, 0.25) is 0 Å². The lowest BCUT2D eigenvalue weighted by Gasteiger charge is -2.45. The SMILES string of the molecule is Cn1ncnc1C(O)C1(c2ccccc2)CCC1. The summed E-state index contributed by atoms with van der Waals surface area (Å²) in [6, 6.07) is 10.2. The molecule has 4 nitrogen and oxygen atoms in total. The molecule has 0 amide bonds. The van der Waals surface area contributed by atoms with Crippen LogP contribution in [0, 0.1) is 0 Å². The van der Waals surface area contributed by atoms with Gasteiger partial charge in [0, 0.05) is 12.5 Å². The molecule has 0 radical (unpaired) electrons. The highest BCUT2D eigenvalue weighted by Crippen LogP contribution is 2.51. The first-order chi connectivity index (χ1) is 8.74. The molecule has 0 saturated heterocycles. The van der Waals surface area contributed by atoms with Crippen molar-refractivity contribution in [2.75, 3.05) is 0 Å². The quantitative estimate of drug-likeness (QED) is 0.896. The first-order valence-electron chi connectivity index (χ1n) is 6.31. The average Bonchev–Trinajstić information content (AvgIpc) is 2.75. The highest BCUT2D eigenvalue weighted by Gasteiger charge is 2.47. The van der Waals surface area contributed by atoms with Crippen LogP contribution in [-0.4, -0.2) is 19.9 Å². The van der Waals surface area contributed by atoms with Gasteiger partial charge in [-0.3, -0.25) is 4.68 Å². The Bertz CT molecular complexity index is 531. The van der Waals surface area contributed by atoms with E-state index in [1.807, 2.05) is 25.2 Å². The molecular weight excluding hydrogens is 226 g/mol. The van der Waals surface area contributed by atoms with Crippen LogP contribution in [0.4, 0.5) is 0 Å². The summed E-state index contributed by atoms with van der Waals surface area (Å²) in [4.78, 5) is 4.19. The number of hydrogen-bond donors (Lipinski definition) is 1. The van der Waals surface area contributed by atoms with Gasteiger partial charge < -0.3 is 5.11 Å². The Morgan fingerprint density at radius 1 is 1.28 bits per heavy atom. The Balaban J connectivity index is 2.00. The lowest BCUT2D eigenvalue weighted by molar-refractivity contribution is 0.0180. The summed E-state index contributed by atoms with van der Waals surface area (Å²) in [5.74, 6) is 0.651. The van der Waals surface area contributed by atoms with Crippen LogP contribution in [0.15, 0.2) is 36.7 Å². The van der Waals surface area contributed by atoms with Gasteiger partial charge in [0.2, 0.25) is 0 Å². The molecule has 1 N–H and O–H groups in total. The van der Waals surface area contributed by atoms with Gasteiger partial charge >= 0.3 is 0 Å². The zero-order valence-corrected chi connectivity index (χ0v) is 10.5. The smallest absolute Gasteiger partial charge is 0.156 e. The van der Waals surface area contributed by atoms with Crippen molar-refractivity contribution in [1.82, 2.24) is 14.8 Å². The molecule has 0 spiro atoms. The van der Waals surface area contributed by atoms with Crippen LogP contribution in [0.5, 0.6) is 0 Å². The summed E-state index contributed by atoms with van der Waals surface area (Å²) in [7, 11) is 1.82. The minimum atomic E-state index is -0.582. The molecule has 18 heavy (non-hydrogen) atoms. The van der Waals surface area contributed by atoms with Crippen molar-refractivity contribution in [3.05, 3.63) is 48.0 Å². The highest BCUT2D eigenvalue weighted by atomic mass is 16.3. The molecule has 2 aromatic rings. The third-order valence-corrected chi connectivity index (χ3v) is 4.11.